The maximum atomic E-state index is 11.4. The molecule has 0 aliphatic rings. The van der Waals surface area contributed by atoms with Crippen LogP contribution in [0.2, 0.25) is 5.02 Å². The minimum atomic E-state index is 0.152. The first-order chi connectivity index (χ1) is 8.45. The molecule has 0 spiro atoms. The number of carbonyl (C=O) groups is 1. The maximum absolute atomic E-state index is 11.4. The largest absolute Gasteiger partial charge is 0.495 e. The van der Waals surface area contributed by atoms with Crippen molar-refractivity contribution in [2.45, 2.75) is 20.3 Å². The van der Waals surface area contributed by atoms with Gasteiger partial charge in [-0.1, -0.05) is 11.6 Å². The number of aryl methyl sites for hydroxylation is 1. The molecule has 0 saturated heterocycles. The van der Waals surface area contributed by atoms with Crippen molar-refractivity contribution in [3.8, 4) is 5.75 Å². The number of carbonyl (C=O) groups excluding carboxylic acids is 1. The Morgan fingerprint density at radius 1 is 1.44 bits per heavy atom. The van der Waals surface area contributed by atoms with E-state index in [1.165, 1.54) is 0 Å². The van der Waals surface area contributed by atoms with Gasteiger partial charge in [-0.2, -0.15) is 0 Å². The van der Waals surface area contributed by atoms with Crippen molar-refractivity contribution in [2.75, 3.05) is 7.11 Å². The van der Waals surface area contributed by atoms with E-state index in [-0.39, 0.29) is 5.78 Å². The zero-order valence-corrected chi connectivity index (χ0v) is 11.8. The van der Waals surface area contributed by atoms with Crippen molar-refractivity contribution < 1.29 is 9.53 Å². The van der Waals surface area contributed by atoms with Crippen molar-refractivity contribution >= 4 is 28.3 Å². The molecule has 1 heterocycles. The van der Waals surface area contributed by atoms with Gasteiger partial charge in [0.25, 0.3) is 0 Å². The summed E-state index contributed by atoms with van der Waals surface area (Å²) in [5.41, 5.74) is 3.16. The van der Waals surface area contributed by atoms with Crippen molar-refractivity contribution in [2.24, 2.45) is 7.05 Å². The van der Waals surface area contributed by atoms with Crippen molar-refractivity contribution in [1.82, 2.24) is 4.57 Å². The maximum Gasteiger partial charge on any atom is 0.138 e. The number of ether oxygens (including phenoxy) is 1. The first kappa shape index (κ1) is 13.0. The Morgan fingerprint density at radius 2 is 2.11 bits per heavy atom. The number of fused-ring (bicyclic) bond motifs is 1. The molecule has 96 valence electrons. The number of methoxy groups -OCH3 is 1. The Hall–Kier alpha value is -1.48. The molecule has 0 atom stereocenters. The molecule has 0 unspecified atom stereocenters. The van der Waals surface area contributed by atoms with Gasteiger partial charge in [0.05, 0.1) is 17.6 Å². The second-order valence-corrected chi connectivity index (χ2v) is 4.91. The molecule has 0 amide bonds. The van der Waals surface area contributed by atoms with E-state index in [1.54, 1.807) is 14.0 Å². The second-order valence-electron chi connectivity index (χ2n) is 4.51. The Balaban J connectivity index is 2.77. The number of benzene rings is 1. The van der Waals surface area contributed by atoms with Gasteiger partial charge < -0.3 is 9.30 Å². The molecular weight excluding hydrogens is 250 g/mol. The fraction of sp³-hybridized carbons (Fsp3) is 0.357. The smallest absolute Gasteiger partial charge is 0.138 e. The van der Waals surface area contributed by atoms with Gasteiger partial charge in [-0.15, -0.1) is 0 Å². The monoisotopic (exact) mass is 265 g/mol. The number of aromatic nitrogens is 1. The van der Waals surface area contributed by atoms with E-state index in [1.807, 2.05) is 26.1 Å². The highest BCUT2D eigenvalue weighted by Crippen LogP contribution is 2.34. The average molecular weight is 266 g/mol. The highest BCUT2D eigenvalue weighted by atomic mass is 35.5. The molecule has 4 heteroatoms. The minimum absolute atomic E-state index is 0.152. The molecule has 0 N–H and O–H groups in total. The Kier molecular flexibility index (Phi) is 3.35. The number of rotatable bonds is 3. The van der Waals surface area contributed by atoms with Crippen LogP contribution in [0.15, 0.2) is 12.1 Å². The van der Waals surface area contributed by atoms with Crippen molar-refractivity contribution in [3.63, 3.8) is 0 Å². The van der Waals surface area contributed by atoms with Crippen LogP contribution in [0, 0.1) is 6.92 Å². The molecule has 0 fully saturated rings. The molecule has 2 aromatic rings. The molecule has 0 bridgehead atoms. The van der Waals surface area contributed by atoms with E-state index in [4.69, 9.17) is 16.3 Å². The lowest BCUT2D eigenvalue weighted by Crippen LogP contribution is -1.99. The summed E-state index contributed by atoms with van der Waals surface area (Å²) >= 11 is 6.14. The number of halogens is 1. The summed E-state index contributed by atoms with van der Waals surface area (Å²) in [4.78, 5) is 11.4. The first-order valence-electron chi connectivity index (χ1n) is 5.76. The van der Waals surface area contributed by atoms with Crippen LogP contribution in [0.4, 0.5) is 0 Å². The third kappa shape index (κ3) is 1.99. The van der Waals surface area contributed by atoms with E-state index < -0.39 is 0 Å². The van der Waals surface area contributed by atoms with Crippen LogP contribution < -0.4 is 4.74 Å². The fourth-order valence-electron chi connectivity index (χ4n) is 2.27. The van der Waals surface area contributed by atoms with Gasteiger partial charge in [0.2, 0.25) is 0 Å². The van der Waals surface area contributed by atoms with Crippen LogP contribution >= 0.6 is 11.6 Å². The number of ketones is 1. The Bertz CT molecular complexity index is 628. The number of Topliss-reactive ketones (excluding diaryl/α,β-unsaturated/α-hetero) is 1. The van der Waals surface area contributed by atoms with Gasteiger partial charge in [-0.05, 0) is 31.5 Å². The fourth-order valence-corrected chi connectivity index (χ4v) is 2.50. The lowest BCUT2D eigenvalue weighted by atomic mass is 10.1. The molecule has 18 heavy (non-hydrogen) atoms. The molecule has 1 aromatic heterocycles. The van der Waals surface area contributed by atoms with Gasteiger partial charge in [0, 0.05) is 24.5 Å². The number of hydrogen-bond acceptors (Lipinski definition) is 2. The molecular formula is C14H16ClNO2. The van der Waals surface area contributed by atoms with Gasteiger partial charge in [0.1, 0.15) is 11.5 Å². The van der Waals surface area contributed by atoms with E-state index in [2.05, 4.69) is 4.57 Å². The second kappa shape index (κ2) is 4.65. The van der Waals surface area contributed by atoms with Crippen LogP contribution in [0.1, 0.15) is 18.2 Å². The molecule has 0 saturated carbocycles. The zero-order valence-electron chi connectivity index (χ0n) is 11.0. The standard InChI is InChI=1S/C14H16ClNO2/c1-8(17)5-10-9(2)16(3)13-7-12(15)14(18-4)6-11(10)13/h6-7H,5H2,1-4H3. The summed E-state index contributed by atoms with van der Waals surface area (Å²) in [6, 6.07) is 3.79. The van der Waals surface area contributed by atoms with Gasteiger partial charge in [0.15, 0.2) is 0 Å². The number of hydrogen-bond donors (Lipinski definition) is 0. The quantitative estimate of drug-likeness (QED) is 0.853. The SMILES string of the molecule is COc1cc2c(CC(C)=O)c(C)n(C)c2cc1Cl. The minimum Gasteiger partial charge on any atom is -0.495 e. The van der Waals surface area contributed by atoms with Gasteiger partial charge >= 0.3 is 0 Å². The molecule has 0 aliphatic heterocycles. The number of nitrogens with zero attached hydrogens (tertiary/aromatic N) is 1. The Labute approximate surface area is 111 Å². The van der Waals surface area contributed by atoms with Gasteiger partial charge in [-0.3, -0.25) is 4.79 Å². The van der Waals surface area contributed by atoms with Gasteiger partial charge in [-0.25, -0.2) is 0 Å². The summed E-state index contributed by atoms with van der Waals surface area (Å²) in [6.07, 6.45) is 0.438. The molecule has 1 aromatic carbocycles. The van der Waals surface area contributed by atoms with E-state index in [0.29, 0.717) is 17.2 Å². The predicted molar refractivity (Wildman–Crippen MR) is 73.6 cm³/mol. The van der Waals surface area contributed by atoms with Crippen molar-refractivity contribution in [1.29, 1.82) is 0 Å². The highest BCUT2D eigenvalue weighted by Gasteiger charge is 2.15. The van der Waals surface area contributed by atoms with Crippen LogP contribution in [0.25, 0.3) is 10.9 Å². The normalized spacial score (nSPS) is 10.9. The predicted octanol–water partition coefficient (Wildman–Crippen LogP) is 3.28. The van der Waals surface area contributed by atoms with Crippen LogP contribution in [0.5, 0.6) is 5.75 Å². The van der Waals surface area contributed by atoms with Crippen LogP contribution in [-0.2, 0) is 18.3 Å². The van der Waals surface area contributed by atoms with E-state index >= 15 is 0 Å². The van der Waals surface area contributed by atoms with E-state index in [0.717, 1.165) is 22.2 Å². The zero-order chi connectivity index (χ0) is 13.4. The lowest BCUT2D eigenvalue weighted by Gasteiger charge is -2.04. The molecule has 0 aliphatic carbocycles. The average Bonchev–Trinajstić information content (AvgIpc) is 2.53. The third-order valence-electron chi connectivity index (χ3n) is 3.32. The summed E-state index contributed by atoms with van der Waals surface area (Å²) in [7, 11) is 3.57. The summed E-state index contributed by atoms with van der Waals surface area (Å²) in [6.45, 7) is 3.62. The third-order valence-corrected chi connectivity index (χ3v) is 3.62. The molecule has 3 nitrogen and oxygen atoms in total. The summed E-state index contributed by atoms with van der Waals surface area (Å²) < 4.78 is 7.29. The lowest BCUT2D eigenvalue weighted by molar-refractivity contribution is -0.116. The van der Waals surface area contributed by atoms with Crippen molar-refractivity contribution in [3.05, 3.63) is 28.4 Å². The topological polar surface area (TPSA) is 31.2 Å². The van der Waals surface area contributed by atoms with E-state index in [9.17, 15) is 4.79 Å². The summed E-state index contributed by atoms with van der Waals surface area (Å²) in [5, 5.41) is 1.62. The highest BCUT2D eigenvalue weighted by molar-refractivity contribution is 6.32. The first-order valence-corrected chi connectivity index (χ1v) is 6.14. The molecule has 2 rings (SSSR count). The Morgan fingerprint density at radius 3 is 2.67 bits per heavy atom. The summed E-state index contributed by atoms with van der Waals surface area (Å²) in [5.74, 6) is 0.791. The van der Waals surface area contributed by atoms with Crippen LogP contribution in [-0.4, -0.2) is 17.5 Å². The van der Waals surface area contributed by atoms with Crippen LogP contribution in [0.3, 0.4) is 0 Å². The molecule has 0 radical (unpaired) electrons.